The van der Waals surface area contributed by atoms with Crippen molar-refractivity contribution in [2.24, 2.45) is 5.73 Å². The zero-order valence-electron chi connectivity index (χ0n) is 11.1. The third kappa shape index (κ3) is 2.86. The van der Waals surface area contributed by atoms with Crippen molar-refractivity contribution in [3.63, 3.8) is 0 Å². The van der Waals surface area contributed by atoms with Gasteiger partial charge in [-0.3, -0.25) is 0 Å². The molecule has 102 valence electrons. The molecule has 1 aromatic heterocycles. The molecule has 20 heavy (non-hydrogen) atoms. The number of hydrogen-bond donors (Lipinski definition) is 2. The van der Waals surface area contributed by atoms with Crippen LogP contribution in [0.2, 0.25) is 0 Å². The smallest absolute Gasteiger partial charge is 0.166 e. The maximum absolute atomic E-state index is 5.75. The fourth-order valence-corrected chi connectivity index (χ4v) is 3.37. The van der Waals surface area contributed by atoms with Gasteiger partial charge in [-0.25, -0.2) is 4.98 Å². The zero-order chi connectivity index (χ0) is 13.8. The number of fused-ring (bicyclic) bond motifs is 1. The van der Waals surface area contributed by atoms with E-state index in [1.54, 1.807) is 11.8 Å². The molecule has 3 rings (SSSR count). The van der Waals surface area contributed by atoms with E-state index in [4.69, 9.17) is 5.73 Å². The summed E-state index contributed by atoms with van der Waals surface area (Å²) in [6.07, 6.45) is 0.936. The third-order valence-corrected chi connectivity index (χ3v) is 4.43. The highest BCUT2D eigenvalue weighted by atomic mass is 32.2. The second-order valence-electron chi connectivity index (χ2n) is 4.65. The number of nitrogens with two attached hydrogens (primary N) is 1. The first-order chi connectivity index (χ1) is 9.86. The van der Waals surface area contributed by atoms with Crippen molar-refractivity contribution in [2.75, 3.05) is 6.54 Å². The SMILES string of the molecule is NCCC(Sc1nc2ccccc2[nH]1)c1ccccc1. The number of hydrogen-bond acceptors (Lipinski definition) is 3. The first kappa shape index (κ1) is 13.2. The van der Waals surface area contributed by atoms with Crippen LogP contribution in [0, 0.1) is 0 Å². The minimum Gasteiger partial charge on any atom is -0.333 e. The predicted molar refractivity (Wildman–Crippen MR) is 84.8 cm³/mol. The van der Waals surface area contributed by atoms with E-state index in [0.29, 0.717) is 11.8 Å². The molecule has 0 aliphatic heterocycles. The van der Waals surface area contributed by atoms with Crippen LogP contribution in [0.25, 0.3) is 11.0 Å². The zero-order valence-corrected chi connectivity index (χ0v) is 11.9. The molecule has 1 unspecified atom stereocenters. The van der Waals surface area contributed by atoms with Gasteiger partial charge < -0.3 is 10.7 Å². The second kappa shape index (κ2) is 6.11. The molecule has 0 saturated heterocycles. The first-order valence-electron chi connectivity index (χ1n) is 6.73. The van der Waals surface area contributed by atoms with Crippen LogP contribution in [-0.4, -0.2) is 16.5 Å². The lowest BCUT2D eigenvalue weighted by atomic mass is 10.1. The number of para-hydroxylation sites is 2. The lowest BCUT2D eigenvalue weighted by Crippen LogP contribution is -2.05. The summed E-state index contributed by atoms with van der Waals surface area (Å²) in [5.41, 5.74) is 9.13. The topological polar surface area (TPSA) is 54.7 Å². The van der Waals surface area contributed by atoms with Gasteiger partial charge in [-0.05, 0) is 30.7 Å². The minimum absolute atomic E-state index is 0.335. The lowest BCUT2D eigenvalue weighted by molar-refractivity contribution is 0.810. The van der Waals surface area contributed by atoms with Gasteiger partial charge in [-0.15, -0.1) is 0 Å². The van der Waals surface area contributed by atoms with Crippen molar-refractivity contribution in [1.29, 1.82) is 0 Å². The Hall–Kier alpha value is -1.78. The summed E-state index contributed by atoms with van der Waals surface area (Å²) >= 11 is 1.75. The van der Waals surface area contributed by atoms with Crippen LogP contribution in [0.1, 0.15) is 17.2 Å². The highest BCUT2D eigenvalue weighted by Crippen LogP contribution is 2.36. The van der Waals surface area contributed by atoms with E-state index >= 15 is 0 Å². The molecule has 0 radical (unpaired) electrons. The van der Waals surface area contributed by atoms with Crippen LogP contribution in [0.15, 0.2) is 59.8 Å². The quantitative estimate of drug-likeness (QED) is 0.701. The van der Waals surface area contributed by atoms with Crippen molar-refractivity contribution in [2.45, 2.75) is 16.8 Å². The summed E-state index contributed by atoms with van der Waals surface area (Å²) in [5, 5.41) is 1.29. The van der Waals surface area contributed by atoms with E-state index in [0.717, 1.165) is 22.6 Å². The molecular weight excluding hydrogens is 266 g/mol. The Kier molecular flexibility index (Phi) is 4.04. The Labute approximate surface area is 122 Å². The molecule has 0 bridgehead atoms. The average Bonchev–Trinajstić information content (AvgIpc) is 2.90. The number of aromatic amines is 1. The highest BCUT2D eigenvalue weighted by Gasteiger charge is 2.14. The van der Waals surface area contributed by atoms with Gasteiger partial charge in [0.1, 0.15) is 0 Å². The Morgan fingerprint density at radius 1 is 1.05 bits per heavy atom. The van der Waals surface area contributed by atoms with Crippen LogP contribution >= 0.6 is 11.8 Å². The predicted octanol–water partition coefficient (Wildman–Crippen LogP) is 3.75. The maximum atomic E-state index is 5.75. The fraction of sp³-hybridized carbons (Fsp3) is 0.188. The molecule has 1 atom stereocenters. The van der Waals surface area contributed by atoms with E-state index in [-0.39, 0.29) is 0 Å². The average molecular weight is 283 g/mol. The Morgan fingerprint density at radius 2 is 1.80 bits per heavy atom. The lowest BCUT2D eigenvalue weighted by Gasteiger charge is -2.14. The molecule has 1 heterocycles. The van der Waals surface area contributed by atoms with Crippen LogP contribution in [0.4, 0.5) is 0 Å². The van der Waals surface area contributed by atoms with Crippen LogP contribution in [-0.2, 0) is 0 Å². The number of nitrogens with zero attached hydrogens (tertiary/aromatic N) is 1. The molecule has 3 aromatic rings. The third-order valence-electron chi connectivity index (χ3n) is 3.22. The van der Waals surface area contributed by atoms with E-state index < -0.39 is 0 Å². The number of thioether (sulfide) groups is 1. The van der Waals surface area contributed by atoms with Crippen molar-refractivity contribution >= 4 is 22.8 Å². The molecule has 3 nitrogen and oxygen atoms in total. The summed E-state index contributed by atoms with van der Waals surface area (Å²) in [6.45, 7) is 0.673. The van der Waals surface area contributed by atoms with Gasteiger partial charge in [0.15, 0.2) is 5.16 Å². The molecule has 0 spiro atoms. The molecule has 0 aliphatic carbocycles. The number of imidazole rings is 1. The second-order valence-corrected chi connectivity index (χ2v) is 5.85. The molecular formula is C16H17N3S. The first-order valence-corrected chi connectivity index (χ1v) is 7.61. The van der Waals surface area contributed by atoms with Gasteiger partial charge in [0, 0.05) is 5.25 Å². The molecule has 2 aromatic carbocycles. The summed E-state index contributed by atoms with van der Waals surface area (Å²) in [4.78, 5) is 7.99. The number of rotatable bonds is 5. The van der Waals surface area contributed by atoms with Gasteiger partial charge in [-0.2, -0.15) is 0 Å². The Balaban J connectivity index is 1.86. The van der Waals surface area contributed by atoms with Crippen molar-refractivity contribution in [3.8, 4) is 0 Å². The van der Waals surface area contributed by atoms with Crippen molar-refractivity contribution in [3.05, 3.63) is 60.2 Å². The van der Waals surface area contributed by atoms with E-state index in [1.165, 1.54) is 5.56 Å². The van der Waals surface area contributed by atoms with Gasteiger partial charge in [0.25, 0.3) is 0 Å². The molecule has 0 aliphatic rings. The van der Waals surface area contributed by atoms with Gasteiger partial charge in [0.2, 0.25) is 0 Å². The minimum atomic E-state index is 0.335. The van der Waals surface area contributed by atoms with Crippen molar-refractivity contribution < 1.29 is 0 Å². The van der Waals surface area contributed by atoms with Gasteiger partial charge in [-0.1, -0.05) is 54.2 Å². The monoisotopic (exact) mass is 283 g/mol. The molecule has 0 saturated carbocycles. The summed E-state index contributed by atoms with van der Waals surface area (Å²) < 4.78 is 0. The molecule has 3 N–H and O–H groups in total. The number of aromatic nitrogens is 2. The number of H-pyrrole nitrogens is 1. The molecule has 0 amide bonds. The summed E-state index contributed by atoms with van der Waals surface area (Å²) in [7, 11) is 0. The summed E-state index contributed by atoms with van der Waals surface area (Å²) in [5.74, 6) is 0. The standard InChI is InChI=1S/C16H17N3S/c17-11-10-15(12-6-2-1-3-7-12)20-16-18-13-8-4-5-9-14(13)19-16/h1-9,15H,10-11,17H2,(H,18,19). The normalized spacial score (nSPS) is 12.7. The van der Waals surface area contributed by atoms with Crippen LogP contribution in [0.5, 0.6) is 0 Å². The Bertz CT molecular complexity index is 645. The van der Waals surface area contributed by atoms with E-state index in [1.807, 2.05) is 30.3 Å². The van der Waals surface area contributed by atoms with E-state index in [9.17, 15) is 0 Å². The fourth-order valence-electron chi connectivity index (χ4n) is 2.23. The summed E-state index contributed by atoms with van der Waals surface area (Å²) in [6, 6.07) is 18.6. The highest BCUT2D eigenvalue weighted by molar-refractivity contribution is 7.99. The Morgan fingerprint density at radius 3 is 2.55 bits per heavy atom. The number of benzene rings is 2. The number of nitrogens with one attached hydrogen (secondary N) is 1. The maximum Gasteiger partial charge on any atom is 0.166 e. The molecule has 4 heteroatoms. The van der Waals surface area contributed by atoms with Crippen molar-refractivity contribution in [1.82, 2.24) is 9.97 Å². The van der Waals surface area contributed by atoms with E-state index in [2.05, 4.69) is 34.2 Å². The van der Waals surface area contributed by atoms with Gasteiger partial charge in [0.05, 0.1) is 11.0 Å². The largest absolute Gasteiger partial charge is 0.333 e. The van der Waals surface area contributed by atoms with Gasteiger partial charge >= 0.3 is 0 Å². The van der Waals surface area contributed by atoms with Crippen LogP contribution in [0.3, 0.4) is 0 Å². The molecule has 0 fully saturated rings. The van der Waals surface area contributed by atoms with Crippen LogP contribution < -0.4 is 5.73 Å².